The van der Waals surface area contributed by atoms with Gasteiger partial charge in [0, 0.05) is 18.1 Å². The summed E-state index contributed by atoms with van der Waals surface area (Å²) in [6.07, 6.45) is 1.17. The zero-order valence-corrected chi connectivity index (χ0v) is 14.2. The lowest BCUT2D eigenvalue weighted by Crippen LogP contribution is -2.22. The normalized spacial score (nSPS) is 11.0. The highest BCUT2D eigenvalue weighted by molar-refractivity contribution is 6.30. The van der Waals surface area contributed by atoms with Gasteiger partial charge in [0.15, 0.2) is 5.69 Å². The maximum absolute atomic E-state index is 11.0. The van der Waals surface area contributed by atoms with Gasteiger partial charge in [-0.25, -0.2) is 9.78 Å². The molecule has 6 heteroatoms. The second kappa shape index (κ2) is 7.96. The largest absolute Gasteiger partial charge is 0.476 e. The Morgan fingerprint density at radius 3 is 2.24 bits per heavy atom. The molecule has 3 aromatic rings. The number of hydrogen-bond donors (Lipinski definition) is 1. The van der Waals surface area contributed by atoms with E-state index in [0.717, 1.165) is 11.1 Å². The van der Waals surface area contributed by atoms with E-state index in [0.29, 0.717) is 30.5 Å². The highest BCUT2D eigenvalue weighted by atomic mass is 35.5. The second-order valence-corrected chi connectivity index (χ2v) is 6.13. The van der Waals surface area contributed by atoms with Gasteiger partial charge in [-0.15, -0.1) is 0 Å². The van der Waals surface area contributed by atoms with E-state index in [2.05, 4.69) is 9.88 Å². The Bertz CT molecular complexity index is 831. The summed E-state index contributed by atoms with van der Waals surface area (Å²) in [5.41, 5.74) is 2.17. The highest BCUT2D eigenvalue weighted by Gasteiger charge is 2.15. The minimum atomic E-state index is -1.10. The Hall–Kier alpha value is -2.63. The van der Waals surface area contributed by atoms with E-state index in [4.69, 9.17) is 21.1 Å². The third kappa shape index (κ3) is 4.92. The smallest absolute Gasteiger partial charge is 0.357 e. The highest BCUT2D eigenvalue weighted by Crippen LogP contribution is 2.16. The van der Waals surface area contributed by atoms with E-state index in [1.807, 2.05) is 54.6 Å². The van der Waals surface area contributed by atoms with Crippen LogP contribution >= 0.6 is 11.6 Å². The Balaban J connectivity index is 1.77. The number of aromatic nitrogens is 1. The minimum absolute atomic E-state index is 0.0823. The molecule has 128 valence electrons. The molecule has 0 saturated heterocycles. The van der Waals surface area contributed by atoms with Crippen LogP contribution < -0.4 is 0 Å². The monoisotopic (exact) mass is 356 g/mol. The van der Waals surface area contributed by atoms with E-state index >= 15 is 0 Å². The lowest BCUT2D eigenvalue weighted by atomic mass is 10.1. The average Bonchev–Trinajstić information content (AvgIpc) is 3.07. The van der Waals surface area contributed by atoms with Crippen LogP contribution in [0.3, 0.4) is 0 Å². The molecule has 0 aliphatic heterocycles. The van der Waals surface area contributed by atoms with Crippen molar-refractivity contribution in [2.45, 2.75) is 19.6 Å². The van der Waals surface area contributed by atoms with Gasteiger partial charge in [0.25, 0.3) is 0 Å². The van der Waals surface area contributed by atoms with Crippen molar-refractivity contribution in [1.82, 2.24) is 9.88 Å². The summed E-state index contributed by atoms with van der Waals surface area (Å²) in [6.45, 7) is 1.76. The number of rotatable bonds is 7. The van der Waals surface area contributed by atoms with Gasteiger partial charge in [-0.1, -0.05) is 54.1 Å². The molecular formula is C19H17ClN2O3. The molecule has 5 nitrogen and oxygen atoms in total. The summed E-state index contributed by atoms with van der Waals surface area (Å²) in [5, 5.41) is 9.67. The van der Waals surface area contributed by atoms with Crippen LogP contribution in [0.4, 0.5) is 0 Å². The summed E-state index contributed by atoms with van der Waals surface area (Å²) < 4.78 is 5.30. The number of aromatic carboxylic acids is 1. The van der Waals surface area contributed by atoms with Crippen molar-refractivity contribution in [3.63, 3.8) is 0 Å². The summed E-state index contributed by atoms with van der Waals surface area (Å²) in [7, 11) is 0. The summed E-state index contributed by atoms with van der Waals surface area (Å²) >= 11 is 5.95. The van der Waals surface area contributed by atoms with Gasteiger partial charge in [0.05, 0.1) is 6.54 Å². The molecule has 1 aromatic heterocycles. The van der Waals surface area contributed by atoms with Crippen molar-refractivity contribution in [2.75, 3.05) is 0 Å². The maximum atomic E-state index is 11.0. The van der Waals surface area contributed by atoms with Crippen LogP contribution in [-0.2, 0) is 19.6 Å². The second-order valence-electron chi connectivity index (χ2n) is 5.69. The molecule has 0 spiro atoms. The lowest BCUT2D eigenvalue weighted by molar-refractivity contribution is 0.0690. The standard InChI is InChI=1S/C19H17ClN2O3/c20-16-8-6-15(7-9-16)11-22(10-14-4-2-1-3-5-14)12-18-21-17(13-25-18)19(23)24/h1-9,13H,10-12H2,(H,23,24). The van der Waals surface area contributed by atoms with E-state index in [9.17, 15) is 4.79 Å². The molecule has 0 radical (unpaired) electrons. The van der Waals surface area contributed by atoms with Crippen molar-refractivity contribution in [3.05, 3.63) is 88.6 Å². The van der Waals surface area contributed by atoms with E-state index in [1.54, 1.807) is 0 Å². The molecule has 0 unspecified atom stereocenters. The fraction of sp³-hybridized carbons (Fsp3) is 0.158. The van der Waals surface area contributed by atoms with Gasteiger partial charge in [0.2, 0.25) is 5.89 Å². The van der Waals surface area contributed by atoms with Gasteiger partial charge in [-0.2, -0.15) is 0 Å². The Morgan fingerprint density at radius 2 is 1.64 bits per heavy atom. The van der Waals surface area contributed by atoms with Crippen LogP contribution in [0.15, 0.2) is 65.3 Å². The summed E-state index contributed by atoms with van der Waals surface area (Å²) in [4.78, 5) is 17.1. The van der Waals surface area contributed by atoms with Crippen molar-refractivity contribution in [1.29, 1.82) is 0 Å². The van der Waals surface area contributed by atoms with E-state index in [-0.39, 0.29) is 5.69 Å². The molecule has 0 aliphatic carbocycles. The van der Waals surface area contributed by atoms with Gasteiger partial charge >= 0.3 is 5.97 Å². The Morgan fingerprint density at radius 1 is 1.00 bits per heavy atom. The molecule has 0 saturated carbocycles. The summed E-state index contributed by atoms with van der Waals surface area (Å²) in [5.74, 6) is -0.718. The Labute approximate surface area is 150 Å². The molecule has 0 fully saturated rings. The number of halogens is 1. The van der Waals surface area contributed by atoms with Crippen molar-refractivity contribution >= 4 is 17.6 Å². The number of carboxylic acids is 1. The zero-order chi connectivity index (χ0) is 17.6. The van der Waals surface area contributed by atoms with Gasteiger partial charge in [-0.3, -0.25) is 4.90 Å². The predicted molar refractivity (Wildman–Crippen MR) is 94.3 cm³/mol. The van der Waals surface area contributed by atoms with Crippen LogP contribution in [0.5, 0.6) is 0 Å². The van der Waals surface area contributed by atoms with Crippen LogP contribution in [0.25, 0.3) is 0 Å². The molecule has 2 aromatic carbocycles. The SMILES string of the molecule is O=C(O)c1coc(CN(Cc2ccccc2)Cc2ccc(Cl)cc2)n1. The first kappa shape index (κ1) is 17.2. The van der Waals surface area contributed by atoms with E-state index < -0.39 is 5.97 Å². The fourth-order valence-corrected chi connectivity index (χ4v) is 2.66. The number of benzene rings is 2. The topological polar surface area (TPSA) is 66.6 Å². The molecule has 1 N–H and O–H groups in total. The molecule has 0 aliphatic rings. The van der Waals surface area contributed by atoms with E-state index in [1.165, 1.54) is 6.26 Å². The van der Waals surface area contributed by atoms with Gasteiger partial charge in [-0.05, 0) is 23.3 Å². The Kier molecular flexibility index (Phi) is 5.48. The molecule has 0 atom stereocenters. The number of hydrogen-bond acceptors (Lipinski definition) is 4. The molecule has 0 amide bonds. The number of carbonyl (C=O) groups is 1. The minimum Gasteiger partial charge on any atom is -0.476 e. The first-order valence-corrected chi connectivity index (χ1v) is 8.16. The first-order valence-electron chi connectivity index (χ1n) is 7.78. The number of carboxylic acid groups (broad SMARTS) is 1. The van der Waals surface area contributed by atoms with Crippen molar-refractivity contribution in [2.24, 2.45) is 0 Å². The third-order valence-electron chi connectivity index (χ3n) is 3.70. The summed E-state index contributed by atoms with van der Waals surface area (Å²) in [6, 6.07) is 17.7. The van der Waals surface area contributed by atoms with Gasteiger partial charge in [0.1, 0.15) is 6.26 Å². The van der Waals surface area contributed by atoms with Crippen molar-refractivity contribution < 1.29 is 14.3 Å². The first-order chi connectivity index (χ1) is 12.1. The fourth-order valence-electron chi connectivity index (χ4n) is 2.53. The average molecular weight is 357 g/mol. The number of oxazole rings is 1. The molecule has 25 heavy (non-hydrogen) atoms. The van der Waals surface area contributed by atoms with Crippen LogP contribution in [0, 0.1) is 0 Å². The molecule has 1 heterocycles. The predicted octanol–water partition coefficient (Wildman–Crippen LogP) is 4.23. The zero-order valence-electron chi connectivity index (χ0n) is 13.4. The molecule has 0 bridgehead atoms. The lowest BCUT2D eigenvalue weighted by Gasteiger charge is -2.21. The van der Waals surface area contributed by atoms with Crippen LogP contribution in [-0.4, -0.2) is 21.0 Å². The molecular weight excluding hydrogens is 340 g/mol. The van der Waals surface area contributed by atoms with Crippen molar-refractivity contribution in [3.8, 4) is 0 Å². The van der Waals surface area contributed by atoms with Crippen LogP contribution in [0.2, 0.25) is 5.02 Å². The number of nitrogens with zero attached hydrogens (tertiary/aromatic N) is 2. The van der Waals surface area contributed by atoms with Crippen LogP contribution in [0.1, 0.15) is 27.5 Å². The maximum Gasteiger partial charge on any atom is 0.357 e. The quantitative estimate of drug-likeness (QED) is 0.686. The molecule has 3 rings (SSSR count). The van der Waals surface area contributed by atoms with Gasteiger partial charge < -0.3 is 9.52 Å². The third-order valence-corrected chi connectivity index (χ3v) is 3.95.